The second-order valence-corrected chi connectivity index (χ2v) is 7.41. The molecule has 1 unspecified atom stereocenters. The normalized spacial score (nSPS) is 15.4. The summed E-state index contributed by atoms with van der Waals surface area (Å²) in [6.07, 6.45) is -0.987. The number of benzodiazepines with no additional fused rings is 1. The molecule has 1 heterocycles. The first kappa shape index (κ1) is 21.8. The molecule has 0 saturated heterocycles. The summed E-state index contributed by atoms with van der Waals surface area (Å²) in [4.78, 5) is 40.2. The standard InChI is InChI=1S/C21H19Cl2N3O4/c1-12(27)24-10-4-7-18(28)30-21-20(29)25-17-9-8-13(22)11-15(17)19(26-21)14-5-2-3-6-16(14)23/h2-3,5-6,8-9,11,21H,4,7,10H2,1H3,(H,24,27)(H,25,29). The van der Waals surface area contributed by atoms with Crippen LogP contribution in [-0.2, 0) is 19.1 Å². The van der Waals surface area contributed by atoms with Crippen LogP contribution in [0.4, 0.5) is 5.69 Å². The number of hydrogen-bond acceptors (Lipinski definition) is 5. The van der Waals surface area contributed by atoms with Crippen molar-refractivity contribution in [2.45, 2.75) is 26.0 Å². The number of benzene rings is 2. The Balaban J connectivity index is 1.90. The number of anilines is 1. The minimum absolute atomic E-state index is 0.0276. The Morgan fingerprint density at radius 1 is 1.17 bits per heavy atom. The van der Waals surface area contributed by atoms with E-state index < -0.39 is 18.1 Å². The Bertz CT molecular complexity index is 1020. The lowest BCUT2D eigenvalue weighted by atomic mass is 10.0. The third kappa shape index (κ3) is 5.37. The van der Waals surface area contributed by atoms with Crippen LogP contribution >= 0.6 is 23.2 Å². The van der Waals surface area contributed by atoms with E-state index in [1.807, 2.05) is 0 Å². The Morgan fingerprint density at radius 3 is 2.67 bits per heavy atom. The largest absolute Gasteiger partial charge is 0.430 e. The maximum Gasteiger partial charge on any atom is 0.308 e. The third-order valence-corrected chi connectivity index (χ3v) is 4.83. The predicted octanol–water partition coefficient (Wildman–Crippen LogP) is 3.57. The number of ether oxygens (including phenoxy) is 1. The number of carbonyl (C=O) groups excluding carboxylic acids is 3. The second kappa shape index (κ2) is 9.73. The minimum Gasteiger partial charge on any atom is -0.430 e. The van der Waals surface area contributed by atoms with Gasteiger partial charge < -0.3 is 15.4 Å². The van der Waals surface area contributed by atoms with Crippen molar-refractivity contribution in [3.8, 4) is 0 Å². The molecule has 1 aliphatic rings. The Morgan fingerprint density at radius 2 is 1.93 bits per heavy atom. The molecule has 156 valence electrons. The Labute approximate surface area is 183 Å². The molecule has 9 heteroatoms. The average molecular weight is 448 g/mol. The fourth-order valence-corrected chi connectivity index (χ4v) is 3.29. The SMILES string of the molecule is CC(=O)NCCCC(=O)OC1N=C(c2ccccc2Cl)c2cc(Cl)ccc2NC1=O. The molecule has 0 fully saturated rings. The molecule has 1 aliphatic heterocycles. The molecule has 0 bridgehead atoms. The molecule has 2 aromatic carbocycles. The summed E-state index contributed by atoms with van der Waals surface area (Å²) in [5.41, 5.74) is 2.00. The molecule has 0 aromatic heterocycles. The highest BCUT2D eigenvalue weighted by molar-refractivity contribution is 6.37. The highest BCUT2D eigenvalue weighted by Gasteiger charge is 2.29. The fourth-order valence-electron chi connectivity index (χ4n) is 2.89. The van der Waals surface area contributed by atoms with Crippen molar-refractivity contribution in [1.82, 2.24) is 5.32 Å². The van der Waals surface area contributed by atoms with E-state index in [-0.39, 0.29) is 12.3 Å². The minimum atomic E-state index is -1.39. The molecule has 2 aromatic rings. The number of esters is 1. The van der Waals surface area contributed by atoms with Gasteiger partial charge >= 0.3 is 5.97 Å². The fraction of sp³-hybridized carbons (Fsp3) is 0.238. The van der Waals surface area contributed by atoms with Gasteiger partial charge in [0.15, 0.2) is 0 Å². The van der Waals surface area contributed by atoms with Crippen molar-refractivity contribution in [3.63, 3.8) is 0 Å². The number of halogens is 2. The van der Waals surface area contributed by atoms with Gasteiger partial charge in [0.2, 0.25) is 5.91 Å². The quantitative estimate of drug-likeness (QED) is 0.522. The zero-order valence-electron chi connectivity index (χ0n) is 16.1. The average Bonchev–Trinajstić information content (AvgIpc) is 2.82. The van der Waals surface area contributed by atoms with Gasteiger partial charge in [0.1, 0.15) is 0 Å². The van der Waals surface area contributed by atoms with Gasteiger partial charge in [-0.05, 0) is 30.7 Å². The van der Waals surface area contributed by atoms with Crippen molar-refractivity contribution >= 4 is 52.4 Å². The predicted molar refractivity (Wildman–Crippen MR) is 115 cm³/mol. The zero-order chi connectivity index (χ0) is 21.7. The number of amides is 2. The van der Waals surface area contributed by atoms with Crippen molar-refractivity contribution < 1.29 is 19.1 Å². The summed E-state index contributed by atoms with van der Waals surface area (Å²) in [5, 5.41) is 6.19. The van der Waals surface area contributed by atoms with Gasteiger partial charge in [-0.25, -0.2) is 4.99 Å². The van der Waals surface area contributed by atoms with Crippen LogP contribution in [0.3, 0.4) is 0 Å². The van der Waals surface area contributed by atoms with E-state index in [0.717, 1.165) is 0 Å². The molecule has 0 aliphatic carbocycles. The van der Waals surface area contributed by atoms with Gasteiger partial charge in [-0.15, -0.1) is 0 Å². The third-order valence-electron chi connectivity index (χ3n) is 4.27. The van der Waals surface area contributed by atoms with Gasteiger partial charge in [0.05, 0.1) is 11.4 Å². The lowest BCUT2D eigenvalue weighted by Gasteiger charge is -2.13. The second-order valence-electron chi connectivity index (χ2n) is 6.57. The molecule has 0 radical (unpaired) electrons. The van der Waals surface area contributed by atoms with Gasteiger partial charge in [-0.2, -0.15) is 0 Å². The maximum atomic E-state index is 12.7. The van der Waals surface area contributed by atoms with Gasteiger partial charge in [0.25, 0.3) is 12.1 Å². The number of carbonyl (C=O) groups is 3. The number of rotatable bonds is 6. The molecule has 1 atom stereocenters. The Kier molecular flexibility index (Phi) is 7.07. The van der Waals surface area contributed by atoms with Gasteiger partial charge in [-0.1, -0.05) is 41.4 Å². The Hall–Kier alpha value is -2.90. The van der Waals surface area contributed by atoms with Crippen LogP contribution < -0.4 is 10.6 Å². The highest BCUT2D eigenvalue weighted by atomic mass is 35.5. The van der Waals surface area contributed by atoms with Crippen LogP contribution in [0.1, 0.15) is 30.9 Å². The van der Waals surface area contributed by atoms with E-state index in [1.165, 1.54) is 6.92 Å². The molecular weight excluding hydrogens is 429 g/mol. The van der Waals surface area contributed by atoms with E-state index in [4.69, 9.17) is 27.9 Å². The van der Waals surface area contributed by atoms with E-state index in [2.05, 4.69) is 15.6 Å². The summed E-state index contributed by atoms with van der Waals surface area (Å²) >= 11 is 12.5. The lowest BCUT2D eigenvalue weighted by Crippen LogP contribution is -2.31. The number of hydrogen-bond donors (Lipinski definition) is 2. The van der Waals surface area contributed by atoms with E-state index >= 15 is 0 Å². The maximum absolute atomic E-state index is 12.7. The molecule has 30 heavy (non-hydrogen) atoms. The van der Waals surface area contributed by atoms with E-state index in [9.17, 15) is 14.4 Å². The molecule has 0 saturated carbocycles. The monoisotopic (exact) mass is 447 g/mol. The smallest absolute Gasteiger partial charge is 0.308 e. The first-order valence-electron chi connectivity index (χ1n) is 9.22. The van der Waals surface area contributed by atoms with Crippen LogP contribution in [0.15, 0.2) is 47.5 Å². The van der Waals surface area contributed by atoms with E-state index in [1.54, 1.807) is 42.5 Å². The number of fused-ring (bicyclic) bond motifs is 1. The van der Waals surface area contributed by atoms with Crippen molar-refractivity contribution in [1.29, 1.82) is 0 Å². The zero-order valence-corrected chi connectivity index (χ0v) is 17.6. The van der Waals surface area contributed by atoms with Crippen molar-refractivity contribution in [2.24, 2.45) is 4.99 Å². The molecule has 0 spiro atoms. The van der Waals surface area contributed by atoms with Crippen molar-refractivity contribution in [3.05, 3.63) is 63.6 Å². The summed E-state index contributed by atoms with van der Waals surface area (Å²) < 4.78 is 5.32. The summed E-state index contributed by atoms with van der Waals surface area (Å²) in [5.74, 6) is -1.38. The molecule has 7 nitrogen and oxygen atoms in total. The highest BCUT2D eigenvalue weighted by Crippen LogP contribution is 2.30. The molecule has 2 amide bonds. The summed E-state index contributed by atoms with van der Waals surface area (Å²) in [6.45, 7) is 1.72. The topological polar surface area (TPSA) is 96.9 Å². The van der Waals surface area contributed by atoms with E-state index in [0.29, 0.717) is 45.5 Å². The van der Waals surface area contributed by atoms with Gasteiger partial charge in [0, 0.05) is 41.1 Å². The number of nitrogens with one attached hydrogen (secondary N) is 2. The van der Waals surface area contributed by atoms with Crippen LogP contribution in [0.5, 0.6) is 0 Å². The van der Waals surface area contributed by atoms with Crippen LogP contribution in [0.25, 0.3) is 0 Å². The lowest BCUT2D eigenvalue weighted by molar-refractivity contribution is -0.153. The molecule has 2 N–H and O–H groups in total. The molecule has 3 rings (SSSR count). The first-order chi connectivity index (χ1) is 14.3. The van der Waals surface area contributed by atoms with Crippen LogP contribution in [0, 0.1) is 0 Å². The molecular formula is C21H19Cl2N3O4. The van der Waals surface area contributed by atoms with Crippen molar-refractivity contribution in [2.75, 3.05) is 11.9 Å². The van der Waals surface area contributed by atoms with Gasteiger partial charge in [-0.3, -0.25) is 14.4 Å². The number of aliphatic imine (C=N–C) groups is 1. The summed E-state index contributed by atoms with van der Waals surface area (Å²) in [6, 6.07) is 12.0. The first-order valence-corrected chi connectivity index (χ1v) is 9.98. The van der Waals surface area contributed by atoms with Crippen LogP contribution in [0.2, 0.25) is 10.0 Å². The number of nitrogens with zero attached hydrogens (tertiary/aromatic N) is 1. The van der Waals surface area contributed by atoms with Crippen LogP contribution in [-0.4, -0.2) is 36.3 Å². The summed E-state index contributed by atoms with van der Waals surface area (Å²) in [7, 11) is 0.